The molecule has 0 saturated carbocycles. The zero-order valence-electron chi connectivity index (χ0n) is 14.7. The molecule has 0 N–H and O–H groups in total. The number of amides is 1. The molecular weight excluding hydrogens is 392 g/mol. The lowest BCUT2D eigenvalue weighted by Crippen LogP contribution is -2.41. The zero-order valence-corrected chi connectivity index (χ0v) is 16.3. The molecule has 1 amide bonds. The third kappa shape index (κ3) is 3.17. The molecule has 2 aromatic heterocycles. The minimum Gasteiger partial charge on any atom is -0.330 e. The van der Waals surface area contributed by atoms with Crippen molar-refractivity contribution in [2.45, 2.75) is 26.3 Å². The summed E-state index contributed by atoms with van der Waals surface area (Å²) in [7, 11) is 0. The van der Waals surface area contributed by atoms with Crippen LogP contribution in [0, 0.1) is 6.92 Å². The van der Waals surface area contributed by atoms with Crippen LogP contribution in [0.3, 0.4) is 0 Å². The molecule has 1 aromatic carbocycles. The molecule has 1 aliphatic rings. The second kappa shape index (κ2) is 6.68. The van der Waals surface area contributed by atoms with E-state index in [1.165, 1.54) is 16.7 Å². The Balaban J connectivity index is 1.57. The van der Waals surface area contributed by atoms with Gasteiger partial charge in [0.1, 0.15) is 0 Å². The molecule has 1 atom stereocenters. The molecular formula is C20H19BrN4O. The molecule has 1 unspecified atom stereocenters. The van der Waals surface area contributed by atoms with E-state index in [-0.39, 0.29) is 11.9 Å². The van der Waals surface area contributed by atoms with Crippen LogP contribution in [-0.4, -0.2) is 38.0 Å². The zero-order chi connectivity index (χ0) is 18.3. The van der Waals surface area contributed by atoms with Crippen molar-refractivity contribution in [1.82, 2.24) is 19.5 Å². The molecule has 3 aromatic rings. The third-order valence-electron chi connectivity index (χ3n) is 4.77. The van der Waals surface area contributed by atoms with E-state index in [4.69, 9.17) is 0 Å². The Hall–Kier alpha value is -2.47. The highest BCUT2D eigenvalue weighted by atomic mass is 79.9. The molecule has 5 nitrogen and oxygen atoms in total. The molecule has 0 bridgehead atoms. The number of hydrogen-bond donors (Lipinski definition) is 0. The van der Waals surface area contributed by atoms with Crippen molar-refractivity contribution >= 4 is 33.1 Å². The van der Waals surface area contributed by atoms with Gasteiger partial charge in [-0.2, -0.15) is 5.10 Å². The number of benzene rings is 1. The van der Waals surface area contributed by atoms with E-state index in [9.17, 15) is 4.79 Å². The number of nitrogens with zero attached hydrogens (tertiary/aromatic N) is 4. The average Bonchev–Trinajstić information content (AvgIpc) is 3.05. The summed E-state index contributed by atoms with van der Waals surface area (Å²) < 4.78 is 2.45. The van der Waals surface area contributed by atoms with E-state index >= 15 is 0 Å². The van der Waals surface area contributed by atoms with Gasteiger partial charge >= 0.3 is 0 Å². The molecule has 6 heteroatoms. The van der Waals surface area contributed by atoms with Gasteiger partial charge in [0.05, 0.1) is 4.47 Å². The lowest BCUT2D eigenvalue weighted by atomic mass is 9.94. The first kappa shape index (κ1) is 17.0. The molecule has 4 rings (SSSR count). The van der Waals surface area contributed by atoms with E-state index < -0.39 is 0 Å². The minimum absolute atomic E-state index is 0.0571. The maximum atomic E-state index is 12.9. The van der Waals surface area contributed by atoms with E-state index in [2.05, 4.69) is 70.2 Å². The van der Waals surface area contributed by atoms with Gasteiger partial charge in [0.2, 0.25) is 0 Å². The topological polar surface area (TPSA) is 50.5 Å². The summed E-state index contributed by atoms with van der Waals surface area (Å²) in [6.07, 6.45) is 6.48. The van der Waals surface area contributed by atoms with Crippen molar-refractivity contribution in [3.8, 4) is 0 Å². The minimum atomic E-state index is -0.0571. The summed E-state index contributed by atoms with van der Waals surface area (Å²) >= 11 is 3.37. The highest BCUT2D eigenvalue weighted by Crippen LogP contribution is 2.27. The van der Waals surface area contributed by atoms with Crippen LogP contribution in [0.25, 0.3) is 11.2 Å². The van der Waals surface area contributed by atoms with Gasteiger partial charge in [-0.25, -0.2) is 9.50 Å². The van der Waals surface area contributed by atoms with Crippen molar-refractivity contribution in [2.75, 3.05) is 6.54 Å². The number of aryl methyl sites for hydroxylation is 1. The van der Waals surface area contributed by atoms with Gasteiger partial charge in [0.25, 0.3) is 5.91 Å². The molecule has 26 heavy (non-hydrogen) atoms. The number of aromatic nitrogens is 3. The van der Waals surface area contributed by atoms with Crippen LogP contribution in [0.4, 0.5) is 0 Å². The number of rotatable bonds is 2. The van der Waals surface area contributed by atoms with Gasteiger partial charge < -0.3 is 4.90 Å². The number of fused-ring (bicyclic) bond motifs is 1. The van der Waals surface area contributed by atoms with Crippen LogP contribution in [0.5, 0.6) is 0 Å². The van der Waals surface area contributed by atoms with Crippen LogP contribution in [0.2, 0.25) is 0 Å². The Morgan fingerprint density at radius 2 is 2.04 bits per heavy atom. The lowest BCUT2D eigenvalue weighted by molar-refractivity contribution is 0.0705. The first-order valence-corrected chi connectivity index (χ1v) is 9.38. The molecule has 0 saturated heterocycles. The van der Waals surface area contributed by atoms with E-state index in [1.54, 1.807) is 23.0 Å². The maximum absolute atomic E-state index is 12.9. The molecule has 0 radical (unpaired) electrons. The van der Waals surface area contributed by atoms with Crippen LogP contribution >= 0.6 is 15.9 Å². The van der Waals surface area contributed by atoms with Crippen LogP contribution in [0.15, 0.2) is 53.3 Å². The fraction of sp³-hybridized carbons (Fsp3) is 0.250. The highest BCUT2D eigenvalue weighted by molar-refractivity contribution is 9.10. The first-order chi connectivity index (χ1) is 12.5. The molecule has 1 aliphatic heterocycles. The smallest absolute Gasteiger partial charge is 0.274 e. The van der Waals surface area contributed by atoms with Crippen LogP contribution in [-0.2, 0) is 0 Å². The Labute approximate surface area is 160 Å². The van der Waals surface area contributed by atoms with E-state index in [1.807, 2.05) is 4.90 Å². The second-order valence-corrected chi connectivity index (χ2v) is 7.63. The predicted octanol–water partition coefficient (Wildman–Crippen LogP) is 4.12. The molecule has 0 fully saturated rings. The van der Waals surface area contributed by atoms with Gasteiger partial charge in [-0.05, 0) is 47.3 Å². The number of carbonyl (C=O) groups excluding carboxylic acids is 1. The normalized spacial score (nSPS) is 17.4. The molecule has 3 heterocycles. The Bertz CT molecular complexity index is 1010. The predicted molar refractivity (Wildman–Crippen MR) is 105 cm³/mol. The quantitative estimate of drug-likeness (QED) is 0.638. The van der Waals surface area contributed by atoms with Gasteiger partial charge in [0, 0.05) is 31.0 Å². The van der Waals surface area contributed by atoms with E-state index in [0.29, 0.717) is 17.9 Å². The summed E-state index contributed by atoms with van der Waals surface area (Å²) in [4.78, 5) is 19.1. The summed E-state index contributed by atoms with van der Waals surface area (Å²) in [5.41, 5.74) is 4.87. The van der Waals surface area contributed by atoms with Crippen molar-refractivity contribution < 1.29 is 4.79 Å². The van der Waals surface area contributed by atoms with Crippen LogP contribution in [0.1, 0.15) is 35.0 Å². The largest absolute Gasteiger partial charge is 0.330 e. The van der Waals surface area contributed by atoms with Gasteiger partial charge in [-0.15, -0.1) is 0 Å². The van der Waals surface area contributed by atoms with Crippen molar-refractivity contribution in [2.24, 2.45) is 0 Å². The molecule has 0 aliphatic carbocycles. The van der Waals surface area contributed by atoms with Crippen molar-refractivity contribution in [3.05, 3.63) is 70.1 Å². The van der Waals surface area contributed by atoms with Gasteiger partial charge in [-0.1, -0.05) is 35.9 Å². The maximum Gasteiger partial charge on any atom is 0.274 e. The van der Waals surface area contributed by atoms with Crippen molar-refractivity contribution in [1.29, 1.82) is 0 Å². The highest BCUT2D eigenvalue weighted by Gasteiger charge is 2.27. The summed E-state index contributed by atoms with van der Waals surface area (Å²) in [5, 5.41) is 4.38. The average molecular weight is 411 g/mol. The second-order valence-electron chi connectivity index (χ2n) is 6.71. The van der Waals surface area contributed by atoms with Gasteiger partial charge in [-0.3, -0.25) is 4.79 Å². The first-order valence-electron chi connectivity index (χ1n) is 8.59. The van der Waals surface area contributed by atoms with Gasteiger partial charge in [0.15, 0.2) is 11.3 Å². The number of hydrogen-bond acceptors (Lipinski definition) is 3. The summed E-state index contributed by atoms with van der Waals surface area (Å²) in [5.74, 6) is -0.0571. The summed E-state index contributed by atoms with van der Waals surface area (Å²) in [6.45, 7) is 4.77. The fourth-order valence-corrected chi connectivity index (χ4v) is 3.59. The monoisotopic (exact) mass is 410 g/mol. The molecule has 0 spiro atoms. The van der Waals surface area contributed by atoms with Crippen molar-refractivity contribution in [3.63, 3.8) is 0 Å². The Morgan fingerprint density at radius 1 is 1.27 bits per heavy atom. The Kier molecular flexibility index (Phi) is 4.36. The fourth-order valence-electron chi connectivity index (χ4n) is 3.29. The number of carbonyl (C=O) groups is 1. The summed E-state index contributed by atoms with van der Waals surface area (Å²) in [6, 6.07) is 10.4. The lowest BCUT2D eigenvalue weighted by Gasteiger charge is -2.32. The third-order valence-corrected chi connectivity index (χ3v) is 5.18. The Morgan fingerprint density at radius 3 is 2.77 bits per heavy atom. The SMILES string of the molecule is Cc1ccc(C2=CCN(C(=O)c3cc4ncc(Br)cn4n3)C(C)C2)cc1. The molecule has 132 valence electrons. The number of halogens is 1. The van der Waals surface area contributed by atoms with E-state index in [0.717, 1.165) is 10.9 Å². The van der Waals surface area contributed by atoms with Crippen LogP contribution < -0.4 is 0 Å². The standard InChI is InChI=1S/C20H19BrN4O/c1-13-3-5-15(6-4-13)16-7-8-24(14(2)9-16)20(26)18-10-19-22-11-17(21)12-25(19)23-18/h3-7,10-12,14H,8-9H2,1-2H3.